The fourth-order valence-electron chi connectivity index (χ4n) is 4.14. The van der Waals surface area contributed by atoms with Crippen molar-refractivity contribution in [1.82, 2.24) is 10.6 Å². The lowest BCUT2D eigenvalue weighted by Crippen LogP contribution is -2.51. The molecule has 1 aromatic carbocycles. The molecule has 3 rings (SSSR count). The van der Waals surface area contributed by atoms with E-state index in [1.165, 1.54) is 36.8 Å². The Balaban J connectivity index is 0.00000225. The second-order valence-corrected chi connectivity index (χ2v) is 8.19. The smallest absolute Gasteiger partial charge is 0.223 e. The summed E-state index contributed by atoms with van der Waals surface area (Å²) >= 11 is 0. The number of nitrogens with one attached hydrogen (secondary N) is 2. The van der Waals surface area contributed by atoms with Crippen LogP contribution in [0.25, 0.3) is 0 Å². The van der Waals surface area contributed by atoms with Gasteiger partial charge in [-0.25, -0.2) is 0 Å². The quantitative estimate of drug-likeness (QED) is 0.800. The van der Waals surface area contributed by atoms with Gasteiger partial charge in [0.15, 0.2) is 0 Å². The number of hydrogen-bond donors (Lipinski definition) is 2. The first-order valence-electron chi connectivity index (χ1n) is 9.61. The molecule has 1 aromatic rings. The Morgan fingerprint density at radius 1 is 1.16 bits per heavy atom. The van der Waals surface area contributed by atoms with Crippen molar-refractivity contribution in [2.75, 3.05) is 19.6 Å². The van der Waals surface area contributed by atoms with Crippen LogP contribution < -0.4 is 10.6 Å². The van der Waals surface area contributed by atoms with Gasteiger partial charge in [-0.05, 0) is 48.9 Å². The van der Waals surface area contributed by atoms with E-state index in [1.54, 1.807) is 0 Å². The highest BCUT2D eigenvalue weighted by atomic mass is 35.5. The number of rotatable bonds is 6. The largest absolute Gasteiger partial charge is 0.355 e. The zero-order chi connectivity index (χ0) is 17.2. The molecule has 2 N–H and O–H groups in total. The number of amides is 1. The van der Waals surface area contributed by atoms with Crippen LogP contribution in [0.2, 0.25) is 0 Å². The molecule has 3 nitrogen and oxygen atoms in total. The molecule has 1 saturated heterocycles. The fourth-order valence-corrected chi connectivity index (χ4v) is 4.14. The minimum atomic E-state index is 0. The Morgan fingerprint density at radius 3 is 2.24 bits per heavy atom. The summed E-state index contributed by atoms with van der Waals surface area (Å²) in [7, 11) is 0. The number of carbonyl (C=O) groups is 1. The van der Waals surface area contributed by atoms with Gasteiger partial charge in [0, 0.05) is 17.9 Å². The highest BCUT2D eigenvalue weighted by Crippen LogP contribution is 2.41. The highest BCUT2D eigenvalue weighted by molar-refractivity contribution is 5.85. The zero-order valence-electron chi connectivity index (χ0n) is 15.8. The first-order chi connectivity index (χ1) is 11.5. The number of hydrogen-bond acceptors (Lipinski definition) is 2. The molecule has 2 aliphatic rings. The van der Waals surface area contributed by atoms with Crippen molar-refractivity contribution in [2.45, 2.75) is 57.8 Å². The Hall–Kier alpha value is -1.06. The second kappa shape index (κ2) is 8.55. The lowest BCUT2D eigenvalue weighted by molar-refractivity contribution is -0.127. The van der Waals surface area contributed by atoms with E-state index in [0.717, 1.165) is 19.6 Å². The van der Waals surface area contributed by atoms with Crippen LogP contribution in [0.1, 0.15) is 63.5 Å². The molecule has 1 unspecified atom stereocenters. The molecule has 1 amide bonds. The molecule has 25 heavy (non-hydrogen) atoms. The zero-order valence-corrected chi connectivity index (χ0v) is 16.6. The van der Waals surface area contributed by atoms with Crippen LogP contribution >= 0.6 is 12.4 Å². The third-order valence-electron chi connectivity index (χ3n) is 6.29. The van der Waals surface area contributed by atoms with Gasteiger partial charge < -0.3 is 10.6 Å². The average molecular weight is 365 g/mol. The molecule has 140 valence electrons. The van der Waals surface area contributed by atoms with Gasteiger partial charge in [0.05, 0.1) is 0 Å². The van der Waals surface area contributed by atoms with Crippen LogP contribution in [-0.2, 0) is 10.2 Å². The van der Waals surface area contributed by atoms with E-state index >= 15 is 0 Å². The van der Waals surface area contributed by atoms with E-state index in [9.17, 15) is 4.79 Å². The monoisotopic (exact) mass is 364 g/mol. The normalized spacial score (nSPS) is 20.6. The first-order valence-corrected chi connectivity index (χ1v) is 9.61. The molecule has 0 aromatic heterocycles. The summed E-state index contributed by atoms with van der Waals surface area (Å²) in [5, 5.41) is 6.55. The van der Waals surface area contributed by atoms with Crippen LogP contribution in [0.5, 0.6) is 0 Å². The molecule has 1 heterocycles. The summed E-state index contributed by atoms with van der Waals surface area (Å²) in [5.74, 6) is 1.42. The van der Waals surface area contributed by atoms with Gasteiger partial charge in [-0.3, -0.25) is 4.79 Å². The van der Waals surface area contributed by atoms with Crippen molar-refractivity contribution >= 4 is 18.3 Å². The molecule has 1 saturated carbocycles. The van der Waals surface area contributed by atoms with Gasteiger partial charge in [-0.2, -0.15) is 0 Å². The van der Waals surface area contributed by atoms with E-state index in [-0.39, 0.29) is 29.6 Å². The maximum absolute atomic E-state index is 12.5. The first kappa shape index (κ1) is 20.3. The molecular formula is C21H33ClN2O. The van der Waals surface area contributed by atoms with Crippen LogP contribution in [-0.4, -0.2) is 25.5 Å². The standard InChI is InChI=1S/C21H32N2O.ClH/c1-15(2)17-6-8-19(9-7-17)21(10-4-5-11-21)14-23-20(24)16(3)18-12-22-13-18;/h6-9,15-16,18,22H,4-5,10-14H2,1-3H3,(H,23,24);1H. The molecule has 1 aliphatic heterocycles. The number of carbonyl (C=O) groups excluding carboxylic acids is 1. The molecule has 2 fully saturated rings. The summed E-state index contributed by atoms with van der Waals surface area (Å²) in [4.78, 5) is 12.5. The van der Waals surface area contributed by atoms with Crippen LogP contribution in [0.3, 0.4) is 0 Å². The van der Waals surface area contributed by atoms with Gasteiger partial charge in [0.1, 0.15) is 0 Å². The fraction of sp³-hybridized carbons (Fsp3) is 0.667. The summed E-state index contributed by atoms with van der Waals surface area (Å²) in [6.45, 7) is 9.29. The van der Waals surface area contributed by atoms with Crippen molar-refractivity contribution in [3.8, 4) is 0 Å². The SMILES string of the molecule is CC(C)c1ccc(C2(CNC(=O)C(C)C3CNC3)CCCC2)cc1.Cl. The van der Waals surface area contributed by atoms with Crippen molar-refractivity contribution in [1.29, 1.82) is 0 Å². The summed E-state index contributed by atoms with van der Waals surface area (Å²) in [5.41, 5.74) is 2.94. The van der Waals surface area contributed by atoms with E-state index in [4.69, 9.17) is 0 Å². The van der Waals surface area contributed by atoms with E-state index in [0.29, 0.717) is 11.8 Å². The van der Waals surface area contributed by atoms with Gasteiger partial charge in [-0.1, -0.05) is 57.9 Å². The molecule has 4 heteroatoms. The average Bonchev–Trinajstić information content (AvgIpc) is 3.01. The molecular weight excluding hydrogens is 332 g/mol. The Kier molecular flexibility index (Phi) is 6.93. The topological polar surface area (TPSA) is 41.1 Å². The Bertz CT molecular complexity index is 560. The minimum Gasteiger partial charge on any atom is -0.355 e. The van der Waals surface area contributed by atoms with Gasteiger partial charge in [-0.15, -0.1) is 12.4 Å². The Morgan fingerprint density at radius 2 is 1.76 bits per heavy atom. The van der Waals surface area contributed by atoms with Gasteiger partial charge in [0.2, 0.25) is 5.91 Å². The van der Waals surface area contributed by atoms with Crippen molar-refractivity contribution in [2.24, 2.45) is 11.8 Å². The van der Waals surface area contributed by atoms with Gasteiger partial charge in [0.25, 0.3) is 0 Å². The van der Waals surface area contributed by atoms with Crippen LogP contribution in [0.4, 0.5) is 0 Å². The van der Waals surface area contributed by atoms with E-state index < -0.39 is 0 Å². The molecule has 0 bridgehead atoms. The second-order valence-electron chi connectivity index (χ2n) is 8.19. The lowest BCUT2D eigenvalue weighted by Gasteiger charge is -2.34. The van der Waals surface area contributed by atoms with Crippen molar-refractivity contribution < 1.29 is 4.79 Å². The molecule has 1 aliphatic carbocycles. The summed E-state index contributed by atoms with van der Waals surface area (Å²) < 4.78 is 0. The highest BCUT2D eigenvalue weighted by Gasteiger charge is 2.37. The Labute approximate surface area is 158 Å². The maximum Gasteiger partial charge on any atom is 0.223 e. The van der Waals surface area contributed by atoms with E-state index in [1.807, 2.05) is 0 Å². The van der Waals surface area contributed by atoms with E-state index in [2.05, 4.69) is 55.7 Å². The van der Waals surface area contributed by atoms with Gasteiger partial charge >= 0.3 is 0 Å². The number of benzene rings is 1. The third kappa shape index (κ3) is 4.38. The lowest BCUT2D eigenvalue weighted by atomic mass is 9.78. The van der Waals surface area contributed by atoms with Crippen molar-refractivity contribution in [3.05, 3.63) is 35.4 Å². The molecule has 1 atom stereocenters. The van der Waals surface area contributed by atoms with Crippen molar-refractivity contribution in [3.63, 3.8) is 0 Å². The third-order valence-corrected chi connectivity index (χ3v) is 6.29. The summed E-state index contributed by atoms with van der Waals surface area (Å²) in [6.07, 6.45) is 4.91. The molecule has 0 spiro atoms. The maximum atomic E-state index is 12.5. The van der Waals surface area contributed by atoms with Crippen LogP contribution in [0.15, 0.2) is 24.3 Å². The summed E-state index contributed by atoms with van der Waals surface area (Å²) in [6, 6.07) is 9.13. The molecule has 0 radical (unpaired) electrons. The minimum absolute atomic E-state index is 0. The number of halogens is 1. The predicted octanol–water partition coefficient (Wildman–Crippen LogP) is 4.02. The predicted molar refractivity (Wildman–Crippen MR) is 106 cm³/mol. The van der Waals surface area contributed by atoms with Crippen LogP contribution in [0, 0.1) is 11.8 Å².